The average molecular weight is 397 g/mol. The third-order valence-corrected chi connectivity index (χ3v) is 5.01. The smallest absolute Gasteiger partial charge is 0.261 e. The summed E-state index contributed by atoms with van der Waals surface area (Å²) in [5.41, 5.74) is 2.19. The van der Waals surface area contributed by atoms with Crippen molar-refractivity contribution < 1.29 is 14.3 Å². The predicted molar refractivity (Wildman–Crippen MR) is 116 cm³/mol. The molecule has 2 aromatic carbocycles. The van der Waals surface area contributed by atoms with Gasteiger partial charge in [-0.05, 0) is 36.0 Å². The van der Waals surface area contributed by atoms with E-state index >= 15 is 0 Å². The maximum absolute atomic E-state index is 13.1. The number of para-hydroxylation sites is 1. The molecule has 0 bridgehead atoms. The van der Waals surface area contributed by atoms with Crippen molar-refractivity contribution in [2.24, 2.45) is 0 Å². The summed E-state index contributed by atoms with van der Waals surface area (Å²) in [6.07, 6.45) is 1.23. The largest absolute Gasteiger partial charge is 0.483 e. The molecule has 0 spiro atoms. The second-order valence-corrected chi connectivity index (χ2v) is 7.34. The number of hydrogen-bond donors (Lipinski definition) is 1. The van der Waals surface area contributed by atoms with Crippen LogP contribution in [0.25, 0.3) is 0 Å². The number of likely N-dealkylation sites (N-methyl/N-ethyl adjacent to an activating group) is 1. The van der Waals surface area contributed by atoms with Crippen molar-refractivity contribution in [1.29, 1.82) is 0 Å². The molecule has 1 N–H and O–H groups in total. The van der Waals surface area contributed by atoms with Crippen molar-refractivity contribution in [3.8, 4) is 5.75 Å². The van der Waals surface area contributed by atoms with Crippen LogP contribution in [0.1, 0.15) is 44.2 Å². The molecule has 5 heteroatoms. The SMILES string of the molecule is CCC(C(=O)NC)N(CCc1ccccc1)C(=O)COc1ccccc1C(C)C. The third kappa shape index (κ3) is 6.34. The van der Waals surface area contributed by atoms with Gasteiger partial charge in [-0.1, -0.05) is 69.3 Å². The zero-order chi connectivity index (χ0) is 21.2. The zero-order valence-corrected chi connectivity index (χ0v) is 17.9. The Morgan fingerprint density at radius 2 is 1.69 bits per heavy atom. The topological polar surface area (TPSA) is 58.6 Å². The molecule has 2 aromatic rings. The van der Waals surface area contributed by atoms with Crippen molar-refractivity contribution in [3.63, 3.8) is 0 Å². The fourth-order valence-corrected chi connectivity index (χ4v) is 3.37. The number of rotatable bonds is 10. The standard InChI is InChI=1S/C24H32N2O3/c1-5-21(24(28)25-4)26(16-15-19-11-7-6-8-12-19)23(27)17-29-22-14-10-9-13-20(22)18(2)3/h6-14,18,21H,5,15-17H2,1-4H3,(H,25,28). The van der Waals surface area contributed by atoms with Crippen LogP contribution < -0.4 is 10.1 Å². The highest BCUT2D eigenvalue weighted by Gasteiger charge is 2.28. The van der Waals surface area contributed by atoms with E-state index in [0.717, 1.165) is 11.1 Å². The van der Waals surface area contributed by atoms with Gasteiger partial charge in [-0.15, -0.1) is 0 Å². The molecule has 2 rings (SSSR count). The maximum atomic E-state index is 13.1. The van der Waals surface area contributed by atoms with Gasteiger partial charge in [0.2, 0.25) is 5.91 Å². The highest BCUT2D eigenvalue weighted by atomic mass is 16.5. The Balaban J connectivity index is 2.14. The molecule has 5 nitrogen and oxygen atoms in total. The van der Waals surface area contributed by atoms with Crippen molar-refractivity contribution in [2.45, 2.75) is 45.6 Å². The van der Waals surface area contributed by atoms with E-state index in [1.807, 2.05) is 61.5 Å². The van der Waals surface area contributed by atoms with E-state index in [9.17, 15) is 9.59 Å². The molecule has 0 aliphatic carbocycles. The summed E-state index contributed by atoms with van der Waals surface area (Å²) in [6, 6.07) is 17.2. The van der Waals surface area contributed by atoms with Crippen molar-refractivity contribution >= 4 is 11.8 Å². The molecule has 0 fully saturated rings. The van der Waals surface area contributed by atoms with E-state index in [1.54, 1.807) is 11.9 Å². The number of nitrogens with one attached hydrogen (secondary N) is 1. The quantitative estimate of drug-likeness (QED) is 0.665. The first-order valence-corrected chi connectivity index (χ1v) is 10.2. The van der Waals surface area contributed by atoms with E-state index in [2.05, 4.69) is 19.2 Å². The lowest BCUT2D eigenvalue weighted by molar-refractivity contribution is -0.142. The lowest BCUT2D eigenvalue weighted by Gasteiger charge is -2.30. The van der Waals surface area contributed by atoms with Crippen LogP contribution in [0.15, 0.2) is 54.6 Å². The van der Waals surface area contributed by atoms with E-state index in [1.165, 1.54) is 0 Å². The summed E-state index contributed by atoms with van der Waals surface area (Å²) in [7, 11) is 1.60. The van der Waals surface area contributed by atoms with Gasteiger partial charge in [0, 0.05) is 13.6 Å². The van der Waals surface area contributed by atoms with Gasteiger partial charge >= 0.3 is 0 Å². The Labute approximate surface area is 174 Å². The summed E-state index contributed by atoms with van der Waals surface area (Å²) in [4.78, 5) is 27.1. The van der Waals surface area contributed by atoms with Crippen molar-refractivity contribution in [3.05, 3.63) is 65.7 Å². The molecule has 2 amide bonds. The molecular weight excluding hydrogens is 364 g/mol. The molecule has 0 aromatic heterocycles. The monoisotopic (exact) mass is 396 g/mol. The minimum atomic E-state index is -0.514. The van der Waals surface area contributed by atoms with Crippen molar-refractivity contribution in [2.75, 3.05) is 20.2 Å². The van der Waals surface area contributed by atoms with Gasteiger partial charge in [0.25, 0.3) is 5.91 Å². The lowest BCUT2D eigenvalue weighted by atomic mass is 10.0. The Morgan fingerprint density at radius 1 is 1.03 bits per heavy atom. The van der Waals surface area contributed by atoms with E-state index in [0.29, 0.717) is 31.1 Å². The summed E-state index contributed by atoms with van der Waals surface area (Å²) < 4.78 is 5.88. The number of benzene rings is 2. The second-order valence-electron chi connectivity index (χ2n) is 7.34. The van der Waals surface area contributed by atoms with Gasteiger partial charge < -0.3 is 15.0 Å². The molecule has 0 heterocycles. The van der Waals surface area contributed by atoms with Gasteiger partial charge in [-0.3, -0.25) is 9.59 Å². The molecule has 0 saturated heterocycles. The first kappa shape index (κ1) is 22.5. The number of hydrogen-bond acceptors (Lipinski definition) is 3. The Bertz CT molecular complexity index is 790. The Morgan fingerprint density at radius 3 is 2.31 bits per heavy atom. The Hall–Kier alpha value is -2.82. The number of ether oxygens (including phenoxy) is 1. The van der Waals surface area contributed by atoms with Crippen LogP contribution in [0.2, 0.25) is 0 Å². The second kappa shape index (κ2) is 11.2. The summed E-state index contributed by atoms with van der Waals surface area (Å²) in [6.45, 7) is 6.47. The molecule has 1 atom stereocenters. The van der Waals surface area contributed by atoms with Gasteiger partial charge in [-0.25, -0.2) is 0 Å². The Kier molecular flexibility index (Phi) is 8.71. The minimum Gasteiger partial charge on any atom is -0.483 e. The zero-order valence-electron chi connectivity index (χ0n) is 17.9. The highest BCUT2D eigenvalue weighted by molar-refractivity contribution is 5.88. The van der Waals surface area contributed by atoms with Crippen LogP contribution in [0.4, 0.5) is 0 Å². The summed E-state index contributed by atoms with van der Waals surface area (Å²) in [5.74, 6) is 0.669. The van der Waals surface area contributed by atoms with Crippen molar-refractivity contribution in [1.82, 2.24) is 10.2 Å². The number of carbonyl (C=O) groups excluding carboxylic acids is 2. The fourth-order valence-electron chi connectivity index (χ4n) is 3.37. The molecule has 0 radical (unpaired) electrons. The van der Waals surface area contributed by atoms with Crippen LogP contribution in [0.3, 0.4) is 0 Å². The van der Waals surface area contributed by atoms with E-state index in [-0.39, 0.29) is 18.4 Å². The van der Waals surface area contributed by atoms with Crippen LogP contribution in [-0.2, 0) is 16.0 Å². The average Bonchev–Trinajstić information content (AvgIpc) is 2.75. The number of carbonyl (C=O) groups is 2. The normalized spacial score (nSPS) is 11.8. The third-order valence-electron chi connectivity index (χ3n) is 5.01. The fraction of sp³-hybridized carbons (Fsp3) is 0.417. The highest BCUT2D eigenvalue weighted by Crippen LogP contribution is 2.26. The summed E-state index contributed by atoms with van der Waals surface area (Å²) in [5, 5.41) is 2.67. The minimum absolute atomic E-state index is 0.0913. The first-order chi connectivity index (χ1) is 14.0. The molecule has 0 aliphatic rings. The van der Waals surface area contributed by atoms with Gasteiger partial charge in [0.1, 0.15) is 11.8 Å². The molecule has 156 valence electrons. The molecule has 0 aliphatic heterocycles. The lowest BCUT2D eigenvalue weighted by Crippen LogP contribution is -2.50. The van der Waals surface area contributed by atoms with Crippen LogP contribution in [-0.4, -0.2) is 43.0 Å². The van der Waals surface area contributed by atoms with Crippen LogP contribution in [0.5, 0.6) is 5.75 Å². The number of amides is 2. The molecular formula is C24H32N2O3. The van der Waals surface area contributed by atoms with Crippen LogP contribution >= 0.6 is 0 Å². The first-order valence-electron chi connectivity index (χ1n) is 10.2. The van der Waals surface area contributed by atoms with Gasteiger partial charge in [0.05, 0.1) is 0 Å². The van der Waals surface area contributed by atoms with Gasteiger partial charge in [0.15, 0.2) is 6.61 Å². The molecule has 1 unspecified atom stereocenters. The van der Waals surface area contributed by atoms with E-state index < -0.39 is 6.04 Å². The van der Waals surface area contributed by atoms with Gasteiger partial charge in [-0.2, -0.15) is 0 Å². The molecule has 29 heavy (non-hydrogen) atoms. The number of nitrogens with zero attached hydrogens (tertiary/aromatic N) is 1. The van der Waals surface area contributed by atoms with Crippen LogP contribution in [0, 0.1) is 0 Å². The predicted octanol–water partition coefficient (Wildman–Crippen LogP) is 3.78. The maximum Gasteiger partial charge on any atom is 0.261 e. The summed E-state index contributed by atoms with van der Waals surface area (Å²) >= 11 is 0. The molecule has 0 saturated carbocycles. The van der Waals surface area contributed by atoms with E-state index in [4.69, 9.17) is 4.74 Å².